The van der Waals surface area contributed by atoms with Gasteiger partial charge in [0.05, 0.1) is 19.2 Å². The summed E-state index contributed by atoms with van der Waals surface area (Å²) in [5.41, 5.74) is 0.665. The smallest absolute Gasteiger partial charge is 0.180 e. The van der Waals surface area contributed by atoms with Crippen molar-refractivity contribution in [2.75, 3.05) is 47.4 Å². The molecular weight excluding hydrogens is 264 g/mol. The van der Waals surface area contributed by atoms with Crippen molar-refractivity contribution in [2.45, 2.75) is 13.8 Å². The maximum absolute atomic E-state index is 12.5. The van der Waals surface area contributed by atoms with Crippen molar-refractivity contribution in [3.05, 3.63) is 29.8 Å². The molecule has 118 valence electrons. The number of likely N-dealkylation sites (N-methyl/N-ethyl adjacent to an activating group) is 1. The van der Waals surface area contributed by atoms with Crippen molar-refractivity contribution < 1.29 is 9.53 Å². The minimum absolute atomic E-state index is 0.117. The van der Waals surface area contributed by atoms with Crippen LogP contribution in [0.25, 0.3) is 0 Å². The summed E-state index contributed by atoms with van der Waals surface area (Å²) < 4.78 is 5.28. The van der Waals surface area contributed by atoms with Gasteiger partial charge in [-0.25, -0.2) is 0 Å². The van der Waals surface area contributed by atoms with E-state index in [9.17, 15) is 4.79 Å². The Morgan fingerprint density at radius 2 is 1.86 bits per heavy atom. The molecule has 0 saturated carbocycles. The molecule has 0 atom stereocenters. The zero-order chi connectivity index (χ0) is 15.8. The number of carbonyl (C=O) groups excluding carboxylic acids is 1. The molecule has 0 radical (unpaired) electrons. The van der Waals surface area contributed by atoms with Crippen LogP contribution in [0, 0.1) is 5.92 Å². The first-order chi connectivity index (χ1) is 9.93. The van der Waals surface area contributed by atoms with Crippen LogP contribution in [-0.2, 0) is 0 Å². The standard InChI is InChI=1S/C17H28N2O2/c1-14(2)12-19(11-10-18(3)4)13-16(20)15-8-6-7-9-17(15)21-5/h6-9,14H,10-13H2,1-5H3. The Balaban J connectivity index is 2.74. The van der Waals surface area contributed by atoms with Crippen LogP contribution in [-0.4, -0.2) is 63.0 Å². The quantitative estimate of drug-likeness (QED) is 0.654. The summed E-state index contributed by atoms with van der Waals surface area (Å²) >= 11 is 0. The Labute approximate surface area is 128 Å². The van der Waals surface area contributed by atoms with Gasteiger partial charge in [-0.1, -0.05) is 26.0 Å². The van der Waals surface area contributed by atoms with Gasteiger partial charge in [-0.3, -0.25) is 9.69 Å². The van der Waals surface area contributed by atoms with E-state index in [0.717, 1.165) is 19.6 Å². The van der Waals surface area contributed by atoms with Crippen LogP contribution in [0.2, 0.25) is 0 Å². The molecule has 0 heterocycles. The minimum Gasteiger partial charge on any atom is -0.496 e. The highest BCUT2D eigenvalue weighted by molar-refractivity contribution is 6.00. The fraction of sp³-hybridized carbons (Fsp3) is 0.588. The van der Waals surface area contributed by atoms with E-state index >= 15 is 0 Å². The maximum atomic E-state index is 12.5. The van der Waals surface area contributed by atoms with Gasteiger partial charge in [-0.05, 0) is 32.1 Å². The summed E-state index contributed by atoms with van der Waals surface area (Å²) in [5, 5.41) is 0. The van der Waals surface area contributed by atoms with Crippen LogP contribution in [0.4, 0.5) is 0 Å². The Hall–Kier alpha value is -1.39. The summed E-state index contributed by atoms with van der Waals surface area (Å²) in [6.07, 6.45) is 0. The predicted molar refractivity (Wildman–Crippen MR) is 87.2 cm³/mol. The monoisotopic (exact) mass is 292 g/mol. The number of para-hydroxylation sites is 1. The molecule has 0 N–H and O–H groups in total. The van der Waals surface area contributed by atoms with E-state index in [1.54, 1.807) is 7.11 Å². The summed E-state index contributed by atoms with van der Waals surface area (Å²) in [7, 11) is 5.70. The molecule has 0 fully saturated rings. The summed E-state index contributed by atoms with van der Waals surface area (Å²) in [4.78, 5) is 16.9. The van der Waals surface area contributed by atoms with E-state index in [-0.39, 0.29) is 5.78 Å². The third kappa shape index (κ3) is 6.27. The third-order valence-electron chi connectivity index (χ3n) is 3.26. The second-order valence-electron chi connectivity index (χ2n) is 6.06. The Bertz CT molecular complexity index is 444. The molecule has 0 unspecified atom stereocenters. The summed E-state index contributed by atoms with van der Waals surface area (Å²) in [6.45, 7) is 7.56. The van der Waals surface area contributed by atoms with E-state index in [1.807, 2.05) is 24.3 Å². The van der Waals surface area contributed by atoms with Gasteiger partial charge in [0.25, 0.3) is 0 Å². The number of methoxy groups -OCH3 is 1. The molecule has 4 heteroatoms. The number of ketones is 1. The van der Waals surface area contributed by atoms with Gasteiger partial charge in [0.15, 0.2) is 5.78 Å². The number of carbonyl (C=O) groups is 1. The van der Waals surface area contributed by atoms with Gasteiger partial charge in [0, 0.05) is 19.6 Å². The average Bonchev–Trinajstić information content (AvgIpc) is 2.44. The normalized spacial score (nSPS) is 11.4. The number of nitrogens with zero attached hydrogens (tertiary/aromatic N) is 2. The second kappa shape index (κ2) is 8.80. The zero-order valence-corrected chi connectivity index (χ0v) is 13.9. The van der Waals surface area contributed by atoms with E-state index in [4.69, 9.17) is 4.74 Å². The molecule has 0 bridgehead atoms. The molecule has 1 aromatic rings. The lowest BCUT2D eigenvalue weighted by atomic mass is 10.1. The maximum Gasteiger partial charge on any atom is 0.180 e. The second-order valence-corrected chi connectivity index (χ2v) is 6.06. The van der Waals surface area contributed by atoms with E-state index in [2.05, 4.69) is 37.7 Å². The first-order valence-electron chi connectivity index (χ1n) is 7.47. The molecule has 4 nitrogen and oxygen atoms in total. The number of hydrogen-bond donors (Lipinski definition) is 0. The van der Waals surface area contributed by atoms with E-state index in [0.29, 0.717) is 23.8 Å². The molecule has 1 aromatic carbocycles. The molecule has 0 spiro atoms. The van der Waals surface area contributed by atoms with Crippen LogP contribution >= 0.6 is 0 Å². The summed E-state index contributed by atoms with van der Waals surface area (Å²) in [6, 6.07) is 7.43. The van der Waals surface area contributed by atoms with E-state index < -0.39 is 0 Å². The van der Waals surface area contributed by atoms with E-state index in [1.165, 1.54) is 0 Å². The number of hydrogen-bond acceptors (Lipinski definition) is 4. The fourth-order valence-corrected chi connectivity index (χ4v) is 2.26. The molecule has 0 aliphatic rings. The van der Waals surface area contributed by atoms with Gasteiger partial charge < -0.3 is 9.64 Å². The zero-order valence-electron chi connectivity index (χ0n) is 13.9. The number of ether oxygens (including phenoxy) is 1. The SMILES string of the molecule is COc1ccccc1C(=O)CN(CCN(C)C)CC(C)C. The molecule has 0 aliphatic heterocycles. The topological polar surface area (TPSA) is 32.8 Å². The van der Waals surface area contributed by atoms with Crippen LogP contribution in [0.15, 0.2) is 24.3 Å². The molecule has 21 heavy (non-hydrogen) atoms. The van der Waals surface area contributed by atoms with Gasteiger partial charge >= 0.3 is 0 Å². The number of benzene rings is 1. The Kier molecular flexibility index (Phi) is 7.40. The number of Topliss-reactive ketones (excluding diaryl/α,β-unsaturated/α-hetero) is 1. The van der Waals surface area contributed by atoms with Crippen molar-refractivity contribution >= 4 is 5.78 Å². The minimum atomic E-state index is 0.117. The first-order valence-corrected chi connectivity index (χ1v) is 7.47. The van der Waals surface area contributed by atoms with Crippen LogP contribution < -0.4 is 4.74 Å². The molecular formula is C17H28N2O2. The van der Waals surface area contributed by atoms with Gasteiger partial charge in [-0.2, -0.15) is 0 Å². The molecule has 1 rings (SSSR count). The van der Waals surface area contributed by atoms with Crippen molar-refractivity contribution in [1.29, 1.82) is 0 Å². The third-order valence-corrected chi connectivity index (χ3v) is 3.26. The van der Waals surface area contributed by atoms with Crippen molar-refractivity contribution in [3.8, 4) is 5.75 Å². The lowest BCUT2D eigenvalue weighted by Gasteiger charge is -2.25. The van der Waals surface area contributed by atoms with Gasteiger partial charge in [-0.15, -0.1) is 0 Å². The van der Waals surface area contributed by atoms with Crippen LogP contribution in [0.3, 0.4) is 0 Å². The lowest BCUT2D eigenvalue weighted by Crippen LogP contribution is -2.38. The van der Waals surface area contributed by atoms with Crippen LogP contribution in [0.1, 0.15) is 24.2 Å². The Morgan fingerprint density at radius 3 is 2.43 bits per heavy atom. The number of rotatable bonds is 9. The lowest BCUT2D eigenvalue weighted by molar-refractivity contribution is 0.0913. The highest BCUT2D eigenvalue weighted by Gasteiger charge is 2.16. The van der Waals surface area contributed by atoms with Crippen molar-refractivity contribution in [3.63, 3.8) is 0 Å². The van der Waals surface area contributed by atoms with Gasteiger partial charge in [0.2, 0.25) is 0 Å². The van der Waals surface area contributed by atoms with Crippen LogP contribution in [0.5, 0.6) is 5.75 Å². The summed E-state index contributed by atoms with van der Waals surface area (Å²) in [5.74, 6) is 1.31. The van der Waals surface area contributed by atoms with Gasteiger partial charge in [0.1, 0.15) is 5.75 Å². The highest BCUT2D eigenvalue weighted by atomic mass is 16.5. The largest absolute Gasteiger partial charge is 0.496 e. The average molecular weight is 292 g/mol. The molecule has 0 saturated heterocycles. The highest BCUT2D eigenvalue weighted by Crippen LogP contribution is 2.18. The molecule has 0 aromatic heterocycles. The Morgan fingerprint density at radius 1 is 1.19 bits per heavy atom. The predicted octanol–water partition coefficient (Wildman–Crippen LogP) is 2.40. The molecule has 0 amide bonds. The van der Waals surface area contributed by atoms with Crippen molar-refractivity contribution in [1.82, 2.24) is 9.80 Å². The first kappa shape index (κ1) is 17.7. The van der Waals surface area contributed by atoms with Crippen molar-refractivity contribution in [2.24, 2.45) is 5.92 Å². The fourth-order valence-electron chi connectivity index (χ4n) is 2.26. The molecule has 0 aliphatic carbocycles.